The van der Waals surface area contributed by atoms with Crippen LogP contribution in [0.2, 0.25) is 0 Å². The van der Waals surface area contributed by atoms with Gasteiger partial charge in [0.1, 0.15) is 0 Å². The zero-order valence-electron chi connectivity index (χ0n) is 19.2. The molecule has 0 saturated heterocycles. The Hall–Kier alpha value is -3.90. The van der Waals surface area contributed by atoms with E-state index in [4.69, 9.17) is 0 Å². The number of rotatable bonds is 2. The molecule has 0 radical (unpaired) electrons. The zero-order valence-corrected chi connectivity index (χ0v) is 19.2. The molecule has 0 amide bonds. The molecule has 2 aliphatic carbocycles. The highest BCUT2D eigenvalue weighted by Crippen LogP contribution is 2.45. The second kappa shape index (κ2) is 7.85. The van der Waals surface area contributed by atoms with Crippen molar-refractivity contribution in [2.75, 3.05) is 0 Å². The van der Waals surface area contributed by atoms with Crippen molar-refractivity contribution < 1.29 is 0 Å². The fourth-order valence-corrected chi connectivity index (χ4v) is 6.15. The number of allylic oxidation sites excluding steroid dienone is 2. The summed E-state index contributed by atoms with van der Waals surface area (Å²) in [5.41, 5.74) is 11.2. The van der Waals surface area contributed by atoms with Crippen molar-refractivity contribution in [2.24, 2.45) is 0 Å². The van der Waals surface area contributed by atoms with Crippen LogP contribution >= 0.6 is 0 Å². The Bertz CT molecular complexity index is 1460. The lowest BCUT2D eigenvalue weighted by Gasteiger charge is -2.25. The van der Waals surface area contributed by atoms with Crippen molar-refractivity contribution in [3.8, 4) is 0 Å². The maximum atomic E-state index is 2.46. The summed E-state index contributed by atoms with van der Waals surface area (Å²) in [7, 11) is 0. The molecule has 0 N–H and O–H groups in total. The summed E-state index contributed by atoms with van der Waals surface area (Å²) >= 11 is 0. The van der Waals surface area contributed by atoms with E-state index in [-0.39, 0.29) is 0 Å². The first-order valence-corrected chi connectivity index (χ1v) is 12.4. The van der Waals surface area contributed by atoms with Crippen LogP contribution < -0.4 is 0 Å². The van der Waals surface area contributed by atoms with Crippen LogP contribution in [0.25, 0.3) is 32.7 Å². The average Bonchev–Trinajstić information content (AvgIpc) is 2.91. The summed E-state index contributed by atoms with van der Waals surface area (Å²) in [5.74, 6) is 0. The van der Waals surface area contributed by atoms with Gasteiger partial charge in [-0.05, 0) is 91.8 Å². The molecule has 0 saturated carbocycles. The molecule has 0 atom stereocenters. The molecule has 162 valence electrons. The van der Waals surface area contributed by atoms with Gasteiger partial charge in [-0.2, -0.15) is 0 Å². The number of hydrogen-bond acceptors (Lipinski definition) is 0. The molecule has 0 bridgehead atoms. The van der Waals surface area contributed by atoms with Crippen LogP contribution in [0.4, 0.5) is 0 Å². The first-order chi connectivity index (χ1) is 16.9. The predicted octanol–water partition coefficient (Wildman–Crippen LogP) is 8.75. The van der Waals surface area contributed by atoms with E-state index in [1.54, 1.807) is 0 Å². The standard InChI is InChI=1S/C34H26/c1-3-15-25-23(11-1)13-9-21-27(25)33-29-17-5-7-19-31(29)34(32-20-8-6-18-30(32)33)28-22-10-14-24-12-2-4-16-26(24)28/h1-8,11-12,15-22H,9-10,13-14H2. The SMILES string of the molecule is C1=C(c2c3ccccc3c(C3=CCCc4ccccc43)c3ccccc23)c2ccccc2CC1. The summed E-state index contributed by atoms with van der Waals surface area (Å²) in [5, 5.41) is 5.40. The molecule has 34 heavy (non-hydrogen) atoms. The van der Waals surface area contributed by atoms with Gasteiger partial charge >= 0.3 is 0 Å². The lowest BCUT2D eigenvalue weighted by molar-refractivity contribution is 0.978. The quantitative estimate of drug-likeness (QED) is 0.244. The molecule has 5 aromatic rings. The molecule has 0 nitrogen and oxygen atoms in total. The third kappa shape index (κ3) is 2.92. The zero-order chi connectivity index (χ0) is 22.5. The minimum absolute atomic E-state index is 1.09. The molecule has 0 heterocycles. The van der Waals surface area contributed by atoms with Crippen molar-refractivity contribution in [1.29, 1.82) is 0 Å². The largest absolute Gasteiger partial charge is 0.0757 e. The molecular weight excluding hydrogens is 408 g/mol. The molecule has 5 aromatic carbocycles. The van der Waals surface area contributed by atoms with E-state index in [1.165, 1.54) is 66.1 Å². The molecule has 0 aliphatic heterocycles. The fraction of sp³-hybridized carbons (Fsp3) is 0.118. The Kier molecular flexibility index (Phi) is 4.52. The normalized spacial score (nSPS) is 14.9. The molecule has 0 fully saturated rings. The van der Waals surface area contributed by atoms with E-state index >= 15 is 0 Å². The minimum atomic E-state index is 1.09. The highest BCUT2D eigenvalue weighted by atomic mass is 14.3. The van der Waals surface area contributed by atoms with Crippen LogP contribution in [0, 0.1) is 0 Å². The second-order valence-electron chi connectivity index (χ2n) is 9.47. The number of benzene rings is 5. The van der Waals surface area contributed by atoms with Crippen molar-refractivity contribution in [1.82, 2.24) is 0 Å². The maximum Gasteiger partial charge on any atom is -0.00235 e. The van der Waals surface area contributed by atoms with Gasteiger partial charge in [0.25, 0.3) is 0 Å². The van der Waals surface area contributed by atoms with Gasteiger partial charge in [-0.3, -0.25) is 0 Å². The monoisotopic (exact) mass is 434 g/mol. The summed E-state index contributed by atoms with van der Waals surface area (Å²) in [4.78, 5) is 0. The molecule has 2 aliphatic rings. The van der Waals surface area contributed by atoms with Crippen molar-refractivity contribution in [3.63, 3.8) is 0 Å². The topological polar surface area (TPSA) is 0 Å². The first-order valence-electron chi connectivity index (χ1n) is 12.4. The van der Waals surface area contributed by atoms with Gasteiger partial charge in [0, 0.05) is 0 Å². The van der Waals surface area contributed by atoms with Crippen molar-refractivity contribution in [3.05, 3.63) is 143 Å². The van der Waals surface area contributed by atoms with Gasteiger partial charge in [0.15, 0.2) is 0 Å². The molecule has 7 rings (SSSR count). The van der Waals surface area contributed by atoms with E-state index < -0.39 is 0 Å². The number of fused-ring (bicyclic) bond motifs is 4. The van der Waals surface area contributed by atoms with E-state index in [1.807, 2.05) is 0 Å². The second-order valence-corrected chi connectivity index (χ2v) is 9.47. The van der Waals surface area contributed by atoms with E-state index in [0.717, 1.165) is 25.7 Å². The van der Waals surface area contributed by atoms with Crippen LogP contribution in [0.1, 0.15) is 46.2 Å². The van der Waals surface area contributed by atoms with Gasteiger partial charge in [-0.15, -0.1) is 0 Å². The lowest BCUT2D eigenvalue weighted by atomic mass is 9.78. The summed E-state index contributed by atoms with van der Waals surface area (Å²) < 4.78 is 0. The van der Waals surface area contributed by atoms with E-state index in [9.17, 15) is 0 Å². The van der Waals surface area contributed by atoms with Gasteiger partial charge in [0.05, 0.1) is 0 Å². The van der Waals surface area contributed by atoms with Crippen LogP contribution in [-0.4, -0.2) is 0 Å². The highest BCUT2D eigenvalue weighted by molar-refractivity contribution is 6.18. The highest BCUT2D eigenvalue weighted by Gasteiger charge is 2.23. The Morgan fingerprint density at radius 2 is 0.735 bits per heavy atom. The van der Waals surface area contributed by atoms with Crippen molar-refractivity contribution >= 4 is 32.7 Å². The average molecular weight is 435 g/mol. The predicted molar refractivity (Wildman–Crippen MR) is 145 cm³/mol. The summed E-state index contributed by atoms with van der Waals surface area (Å²) in [6.07, 6.45) is 9.36. The smallest absolute Gasteiger partial charge is 0.00235 e. The molecule has 0 unspecified atom stereocenters. The Labute approximate surface area is 200 Å². The number of aryl methyl sites for hydroxylation is 2. The summed E-state index contributed by atoms with van der Waals surface area (Å²) in [6, 6.07) is 36.0. The van der Waals surface area contributed by atoms with Crippen LogP contribution in [0.15, 0.2) is 109 Å². The van der Waals surface area contributed by atoms with Crippen LogP contribution in [0.3, 0.4) is 0 Å². The van der Waals surface area contributed by atoms with Crippen molar-refractivity contribution in [2.45, 2.75) is 25.7 Å². The fourth-order valence-electron chi connectivity index (χ4n) is 6.15. The Morgan fingerprint density at radius 3 is 1.15 bits per heavy atom. The molecule has 0 heteroatoms. The third-order valence-corrected chi connectivity index (χ3v) is 7.61. The maximum absolute atomic E-state index is 2.46. The van der Waals surface area contributed by atoms with Gasteiger partial charge in [-0.1, -0.05) is 109 Å². The Morgan fingerprint density at radius 1 is 0.382 bits per heavy atom. The molecule has 0 aromatic heterocycles. The number of hydrogen-bond donors (Lipinski definition) is 0. The molecule has 0 spiro atoms. The Balaban J connectivity index is 1.60. The van der Waals surface area contributed by atoms with Gasteiger partial charge in [0.2, 0.25) is 0 Å². The third-order valence-electron chi connectivity index (χ3n) is 7.61. The van der Waals surface area contributed by atoms with E-state index in [0.29, 0.717) is 0 Å². The van der Waals surface area contributed by atoms with Crippen LogP contribution in [0.5, 0.6) is 0 Å². The van der Waals surface area contributed by atoms with Crippen LogP contribution in [-0.2, 0) is 12.8 Å². The van der Waals surface area contributed by atoms with Gasteiger partial charge < -0.3 is 0 Å². The molecular formula is C34H26. The van der Waals surface area contributed by atoms with Gasteiger partial charge in [-0.25, -0.2) is 0 Å². The first kappa shape index (κ1) is 19.6. The summed E-state index contributed by atoms with van der Waals surface area (Å²) in [6.45, 7) is 0. The van der Waals surface area contributed by atoms with E-state index in [2.05, 4.69) is 109 Å². The lowest BCUT2D eigenvalue weighted by Crippen LogP contribution is -2.05. The minimum Gasteiger partial charge on any atom is -0.0757 e.